The molecule has 4 aromatic heterocycles. The standard InChI is InChI=1S/C57H70FN11O7S/c1-38-53(77-37-62-38)40-15-13-39(14-16-40)32-61-55(73)47-31-44(70)35-69(47)56(74)54(57(2,3)4)64-51(71)19-26-75-28-29-76-27-20-59-52(72)36-65-22-24-66(25-23-65)50-12-6-10-45(63-50)48-33-60-49-18-17-43(34-68(48)49)67-21-7-11-46(67)41-8-5-9-42(58)30-41/h5-6,8-10,12-18,30,33-34,37,44,46-47,54,70H,7,11,19-29,31-32,35-36H2,1-4H3,(H,59,72)(H,61,73)(H,64,71)/t44-,46?,47+,54-/m1/s1. The van der Waals surface area contributed by atoms with Crippen LogP contribution in [0.15, 0.2) is 96.8 Å². The first-order valence-corrected chi connectivity index (χ1v) is 27.5. The molecule has 408 valence electrons. The number of benzene rings is 2. The quantitative estimate of drug-likeness (QED) is 0.0634. The topological polar surface area (TPSA) is 199 Å². The van der Waals surface area contributed by atoms with E-state index in [9.17, 15) is 28.7 Å². The highest BCUT2D eigenvalue weighted by Gasteiger charge is 2.44. The van der Waals surface area contributed by atoms with Crippen molar-refractivity contribution < 1.29 is 38.1 Å². The molecule has 9 rings (SSSR count). The fourth-order valence-corrected chi connectivity index (χ4v) is 11.2. The molecule has 0 saturated carbocycles. The zero-order valence-corrected chi connectivity index (χ0v) is 45.1. The molecular weight excluding hydrogens is 1000 g/mol. The number of halogens is 1. The molecule has 3 aliphatic rings. The number of aryl methyl sites for hydroxylation is 1. The molecule has 3 saturated heterocycles. The molecule has 2 aromatic carbocycles. The number of nitrogens with one attached hydrogen (secondary N) is 3. The van der Waals surface area contributed by atoms with Gasteiger partial charge in [0.25, 0.3) is 0 Å². The molecule has 1 unspecified atom stereocenters. The molecule has 4 N–H and O–H groups in total. The van der Waals surface area contributed by atoms with Crippen molar-refractivity contribution in [1.82, 2.24) is 45.1 Å². The van der Waals surface area contributed by atoms with Crippen molar-refractivity contribution in [2.45, 2.75) is 84.2 Å². The SMILES string of the molecule is Cc1ncsc1-c1ccc(CNC(=O)[C@@H]2C[C@@H](O)CN2C(=O)[C@@H](NC(=O)CCOCCOCCNC(=O)CN2CCN(c3cccc(-c4cnc5ccc(N6CCCC6c6cccc(F)c6)cn45)n3)CC2)C(C)(C)C)cc1. The molecule has 0 radical (unpaired) electrons. The number of piperazine rings is 1. The molecule has 0 spiro atoms. The van der Waals surface area contributed by atoms with Crippen LogP contribution in [0.3, 0.4) is 0 Å². The highest BCUT2D eigenvalue weighted by atomic mass is 32.1. The second kappa shape index (κ2) is 25.1. The Balaban J connectivity index is 0.647. The van der Waals surface area contributed by atoms with Crippen molar-refractivity contribution >= 4 is 52.1 Å². The normalized spacial score (nSPS) is 18.5. The van der Waals surface area contributed by atoms with Gasteiger partial charge in [0.1, 0.15) is 29.4 Å². The summed E-state index contributed by atoms with van der Waals surface area (Å²) in [6.07, 6.45) is 5.18. The van der Waals surface area contributed by atoms with Gasteiger partial charge in [0.15, 0.2) is 0 Å². The van der Waals surface area contributed by atoms with Crippen LogP contribution in [0, 0.1) is 18.2 Å². The lowest BCUT2D eigenvalue weighted by Crippen LogP contribution is -2.57. The summed E-state index contributed by atoms with van der Waals surface area (Å²) in [5.74, 6) is -0.618. The molecule has 3 fully saturated rings. The first-order chi connectivity index (χ1) is 37.2. The summed E-state index contributed by atoms with van der Waals surface area (Å²) in [4.78, 5) is 76.7. The number of imidazole rings is 1. The predicted octanol–water partition coefficient (Wildman–Crippen LogP) is 5.78. The first kappa shape index (κ1) is 54.9. The largest absolute Gasteiger partial charge is 0.391 e. The maximum absolute atomic E-state index is 14.2. The number of anilines is 2. The number of rotatable bonds is 21. The highest BCUT2D eigenvalue weighted by molar-refractivity contribution is 7.13. The van der Waals surface area contributed by atoms with Crippen LogP contribution in [0.2, 0.25) is 0 Å². The molecule has 7 heterocycles. The van der Waals surface area contributed by atoms with Crippen molar-refractivity contribution in [3.8, 4) is 21.8 Å². The number of pyridine rings is 2. The second-order valence-electron chi connectivity index (χ2n) is 21.1. The van der Waals surface area contributed by atoms with Crippen LogP contribution >= 0.6 is 11.3 Å². The molecule has 20 heteroatoms. The summed E-state index contributed by atoms with van der Waals surface area (Å²) < 4.78 is 27.6. The van der Waals surface area contributed by atoms with Crippen LogP contribution in [-0.4, -0.2) is 155 Å². The van der Waals surface area contributed by atoms with Crippen LogP contribution in [0.5, 0.6) is 0 Å². The van der Waals surface area contributed by atoms with Crippen LogP contribution < -0.4 is 25.8 Å². The number of aliphatic hydroxyl groups is 1. The van der Waals surface area contributed by atoms with Gasteiger partial charge >= 0.3 is 0 Å². The van der Waals surface area contributed by atoms with Gasteiger partial charge in [-0.05, 0) is 78.3 Å². The van der Waals surface area contributed by atoms with Gasteiger partial charge in [0, 0.05) is 71.4 Å². The van der Waals surface area contributed by atoms with E-state index in [4.69, 9.17) is 14.5 Å². The maximum Gasteiger partial charge on any atom is 0.246 e. The number of hydrogen-bond donors (Lipinski definition) is 4. The van der Waals surface area contributed by atoms with Gasteiger partial charge in [-0.25, -0.2) is 19.3 Å². The number of carbonyl (C=O) groups excluding carboxylic acids is 4. The summed E-state index contributed by atoms with van der Waals surface area (Å²) in [7, 11) is 0. The molecule has 77 heavy (non-hydrogen) atoms. The molecule has 0 bridgehead atoms. The zero-order valence-electron chi connectivity index (χ0n) is 44.3. The van der Waals surface area contributed by atoms with Crippen molar-refractivity contribution in [3.05, 3.63) is 119 Å². The van der Waals surface area contributed by atoms with E-state index in [-0.39, 0.29) is 81.9 Å². The van der Waals surface area contributed by atoms with Crippen LogP contribution in [-0.2, 0) is 35.2 Å². The number of β-amino-alcohol motifs (C(OH)–C–C–N with tert-alkyl or cyclic N) is 1. The van der Waals surface area contributed by atoms with E-state index in [1.54, 1.807) is 23.5 Å². The van der Waals surface area contributed by atoms with E-state index in [0.29, 0.717) is 39.3 Å². The van der Waals surface area contributed by atoms with Crippen LogP contribution in [0.1, 0.15) is 69.3 Å². The Morgan fingerprint density at radius 3 is 2.42 bits per heavy atom. The van der Waals surface area contributed by atoms with Crippen LogP contribution in [0.4, 0.5) is 15.9 Å². The number of nitrogens with zero attached hydrogens (tertiary/aromatic N) is 8. The molecule has 18 nitrogen and oxygen atoms in total. The minimum atomic E-state index is -0.945. The lowest BCUT2D eigenvalue weighted by molar-refractivity contribution is -0.144. The number of aromatic nitrogens is 4. The third kappa shape index (κ3) is 13.8. The number of aliphatic hydroxyl groups excluding tert-OH is 1. The number of carbonyl (C=O) groups is 4. The Kier molecular flexibility index (Phi) is 17.9. The minimum absolute atomic E-state index is 0.00630. The lowest BCUT2D eigenvalue weighted by atomic mass is 9.85. The number of hydrogen-bond acceptors (Lipinski definition) is 14. The number of thiazole rings is 1. The minimum Gasteiger partial charge on any atom is -0.391 e. The number of fused-ring (bicyclic) bond motifs is 1. The predicted molar refractivity (Wildman–Crippen MR) is 294 cm³/mol. The lowest BCUT2D eigenvalue weighted by Gasteiger charge is -2.35. The van der Waals surface area contributed by atoms with Gasteiger partial charge in [0.2, 0.25) is 23.6 Å². The van der Waals surface area contributed by atoms with Gasteiger partial charge < -0.3 is 45.2 Å². The van der Waals surface area contributed by atoms with Gasteiger partial charge in [0.05, 0.1) is 84.5 Å². The van der Waals surface area contributed by atoms with E-state index in [1.807, 2.05) is 94.0 Å². The zero-order chi connectivity index (χ0) is 54.1. The van der Waals surface area contributed by atoms with Crippen LogP contribution in [0.25, 0.3) is 27.5 Å². The highest BCUT2D eigenvalue weighted by Crippen LogP contribution is 2.37. The molecule has 3 aliphatic heterocycles. The van der Waals surface area contributed by atoms with Gasteiger partial charge in [-0.2, -0.15) is 0 Å². The Morgan fingerprint density at radius 1 is 0.883 bits per heavy atom. The summed E-state index contributed by atoms with van der Waals surface area (Å²) in [6.45, 7) is 13.0. The Bertz CT molecular complexity index is 2990. The first-order valence-electron chi connectivity index (χ1n) is 26.6. The van der Waals surface area contributed by atoms with Gasteiger partial charge in [-0.15, -0.1) is 11.3 Å². The Labute approximate surface area is 453 Å². The third-order valence-electron chi connectivity index (χ3n) is 14.5. The monoisotopic (exact) mass is 1070 g/mol. The molecule has 0 aliphatic carbocycles. The fourth-order valence-electron chi connectivity index (χ4n) is 10.4. The summed E-state index contributed by atoms with van der Waals surface area (Å²) in [5, 5.41) is 19.3. The van der Waals surface area contributed by atoms with Crippen molar-refractivity contribution in [1.29, 1.82) is 0 Å². The van der Waals surface area contributed by atoms with Crippen molar-refractivity contribution in [2.24, 2.45) is 5.41 Å². The number of ether oxygens (including phenoxy) is 2. The smallest absolute Gasteiger partial charge is 0.246 e. The maximum atomic E-state index is 14.2. The number of amides is 4. The average Bonchev–Trinajstić information content (AvgIpc) is 4.27. The molecule has 6 aromatic rings. The van der Waals surface area contributed by atoms with E-state index in [0.717, 1.165) is 75.2 Å². The van der Waals surface area contributed by atoms with E-state index < -0.39 is 29.5 Å². The van der Waals surface area contributed by atoms with E-state index in [1.165, 1.54) is 11.0 Å². The van der Waals surface area contributed by atoms with Gasteiger partial charge in [-0.1, -0.05) is 63.2 Å². The van der Waals surface area contributed by atoms with Crippen molar-refractivity contribution in [2.75, 3.05) is 88.6 Å². The van der Waals surface area contributed by atoms with E-state index >= 15 is 0 Å². The summed E-state index contributed by atoms with van der Waals surface area (Å²) in [5.41, 5.74) is 8.57. The Hall–Kier alpha value is -6.84. The Morgan fingerprint density at radius 2 is 1.66 bits per heavy atom. The average molecular weight is 1070 g/mol. The summed E-state index contributed by atoms with van der Waals surface area (Å²) >= 11 is 1.57. The third-order valence-corrected chi connectivity index (χ3v) is 15.5. The van der Waals surface area contributed by atoms with Crippen molar-refractivity contribution in [3.63, 3.8) is 0 Å². The molecular formula is C57H70FN11O7S. The number of likely N-dealkylation sites (tertiary alicyclic amines) is 1. The van der Waals surface area contributed by atoms with Gasteiger partial charge in [-0.3, -0.25) is 28.5 Å². The fraction of sp³-hybridized carbons (Fsp3) is 0.456. The molecule has 4 amide bonds. The molecule has 4 atom stereocenters. The van der Waals surface area contributed by atoms with E-state index in [2.05, 4.69) is 57.3 Å². The second-order valence-corrected chi connectivity index (χ2v) is 21.9. The summed E-state index contributed by atoms with van der Waals surface area (Å²) in [6, 6.07) is 23.2.